The van der Waals surface area contributed by atoms with Crippen molar-refractivity contribution in [2.75, 3.05) is 29.2 Å². The Balaban J connectivity index is 2.42. The molecule has 0 saturated carbocycles. The van der Waals surface area contributed by atoms with E-state index in [2.05, 4.69) is 5.32 Å². The number of hydrogen-bond donors (Lipinski definition) is 4. The molecule has 0 fully saturated rings. The smallest absolute Gasteiger partial charge is 0.234 e. The first-order valence-corrected chi connectivity index (χ1v) is 6.40. The average molecular weight is 274 g/mol. The van der Waals surface area contributed by atoms with Crippen molar-refractivity contribution in [1.29, 1.82) is 0 Å². The van der Waals surface area contributed by atoms with E-state index >= 15 is 0 Å². The number of halogens is 1. The van der Waals surface area contributed by atoms with Crippen molar-refractivity contribution in [2.24, 2.45) is 0 Å². The molecule has 18 heavy (non-hydrogen) atoms. The molecular formula is C11H15FN2O3S. The number of anilines is 2. The Morgan fingerprint density at radius 3 is 2.94 bits per heavy atom. The number of benzene rings is 1. The van der Waals surface area contributed by atoms with Crippen LogP contribution in [0.5, 0.6) is 0 Å². The van der Waals surface area contributed by atoms with Crippen LogP contribution in [0.3, 0.4) is 0 Å². The predicted molar refractivity (Wildman–Crippen MR) is 69.9 cm³/mol. The number of amides is 1. The largest absolute Gasteiger partial charge is 0.397 e. The summed E-state index contributed by atoms with van der Waals surface area (Å²) in [5.41, 5.74) is 6.08. The number of aliphatic hydroxyl groups is 2. The molecule has 1 aromatic rings. The van der Waals surface area contributed by atoms with Gasteiger partial charge in [-0.25, -0.2) is 4.39 Å². The molecule has 0 aliphatic heterocycles. The summed E-state index contributed by atoms with van der Waals surface area (Å²) < 4.78 is 12.9. The molecule has 1 aromatic carbocycles. The maximum atomic E-state index is 12.9. The third-order valence-corrected chi connectivity index (χ3v) is 3.13. The Labute approximate surface area is 108 Å². The van der Waals surface area contributed by atoms with Crippen LogP contribution in [0, 0.1) is 5.82 Å². The summed E-state index contributed by atoms with van der Waals surface area (Å²) in [6.07, 6.45) is -0.845. The standard InChI is InChI=1S/C11H15FN2O3S/c12-7-1-2-9(13)10(3-7)14-11(17)6-18-5-8(16)4-15/h1-3,8,15-16H,4-6,13H2,(H,14,17). The van der Waals surface area contributed by atoms with Crippen molar-refractivity contribution in [3.63, 3.8) is 0 Å². The van der Waals surface area contributed by atoms with Gasteiger partial charge in [0, 0.05) is 5.75 Å². The van der Waals surface area contributed by atoms with Crippen LogP contribution in [0.4, 0.5) is 15.8 Å². The van der Waals surface area contributed by atoms with E-state index in [0.29, 0.717) is 0 Å². The Morgan fingerprint density at radius 1 is 1.56 bits per heavy atom. The summed E-state index contributed by atoms with van der Waals surface area (Å²) in [6, 6.07) is 3.71. The summed E-state index contributed by atoms with van der Waals surface area (Å²) in [5, 5.41) is 20.1. The number of nitrogen functional groups attached to an aromatic ring is 1. The number of carbonyl (C=O) groups is 1. The summed E-state index contributed by atoms with van der Waals surface area (Å²) in [4.78, 5) is 11.5. The zero-order valence-corrected chi connectivity index (χ0v) is 10.4. The summed E-state index contributed by atoms with van der Waals surface area (Å²) in [5.74, 6) is -0.486. The molecule has 0 heterocycles. The van der Waals surface area contributed by atoms with E-state index in [9.17, 15) is 9.18 Å². The third kappa shape index (κ3) is 4.91. The molecule has 0 radical (unpaired) electrons. The fourth-order valence-corrected chi connectivity index (χ4v) is 1.92. The predicted octanol–water partition coefficient (Wildman–Crippen LogP) is 0.433. The second-order valence-corrected chi connectivity index (χ2v) is 4.66. The fourth-order valence-electron chi connectivity index (χ4n) is 1.16. The van der Waals surface area contributed by atoms with Gasteiger partial charge in [-0.2, -0.15) is 0 Å². The minimum Gasteiger partial charge on any atom is -0.397 e. The van der Waals surface area contributed by atoms with Crippen LogP contribution in [-0.2, 0) is 4.79 Å². The lowest BCUT2D eigenvalue weighted by atomic mass is 10.2. The lowest BCUT2D eigenvalue weighted by Crippen LogP contribution is -2.19. The number of carbonyl (C=O) groups excluding carboxylic acids is 1. The third-order valence-electron chi connectivity index (χ3n) is 2.04. The highest BCUT2D eigenvalue weighted by Gasteiger charge is 2.08. The lowest BCUT2D eigenvalue weighted by molar-refractivity contribution is -0.113. The highest BCUT2D eigenvalue weighted by molar-refractivity contribution is 8.00. The molecule has 0 bridgehead atoms. The van der Waals surface area contributed by atoms with E-state index < -0.39 is 11.9 Å². The zero-order valence-electron chi connectivity index (χ0n) is 9.60. The number of nitrogens with two attached hydrogens (primary N) is 1. The monoisotopic (exact) mass is 274 g/mol. The lowest BCUT2D eigenvalue weighted by Gasteiger charge is -2.09. The summed E-state index contributed by atoms with van der Waals surface area (Å²) in [6.45, 7) is -0.342. The zero-order chi connectivity index (χ0) is 13.5. The van der Waals surface area contributed by atoms with E-state index in [1.54, 1.807) is 0 Å². The van der Waals surface area contributed by atoms with Gasteiger partial charge < -0.3 is 21.3 Å². The molecule has 0 spiro atoms. The van der Waals surface area contributed by atoms with Crippen molar-refractivity contribution in [2.45, 2.75) is 6.10 Å². The molecular weight excluding hydrogens is 259 g/mol. The first-order valence-electron chi connectivity index (χ1n) is 5.24. The minimum absolute atomic E-state index is 0.0903. The van der Waals surface area contributed by atoms with Crippen LogP contribution in [0.2, 0.25) is 0 Å². The van der Waals surface area contributed by atoms with Gasteiger partial charge in [-0.3, -0.25) is 4.79 Å². The van der Waals surface area contributed by atoms with Gasteiger partial charge in [-0.05, 0) is 18.2 Å². The van der Waals surface area contributed by atoms with Gasteiger partial charge in [0.25, 0.3) is 0 Å². The van der Waals surface area contributed by atoms with Crippen LogP contribution in [0.1, 0.15) is 0 Å². The quantitative estimate of drug-likeness (QED) is 0.564. The molecule has 7 heteroatoms. The van der Waals surface area contributed by atoms with E-state index in [4.69, 9.17) is 15.9 Å². The number of hydrogen-bond acceptors (Lipinski definition) is 5. The van der Waals surface area contributed by atoms with Crippen LogP contribution < -0.4 is 11.1 Å². The highest BCUT2D eigenvalue weighted by atomic mass is 32.2. The SMILES string of the molecule is Nc1ccc(F)cc1NC(=O)CSCC(O)CO. The van der Waals surface area contributed by atoms with Crippen molar-refractivity contribution in [1.82, 2.24) is 0 Å². The molecule has 0 aliphatic rings. The molecule has 0 aliphatic carbocycles. The van der Waals surface area contributed by atoms with Gasteiger partial charge in [0.2, 0.25) is 5.91 Å². The fraction of sp³-hybridized carbons (Fsp3) is 0.364. The summed E-state index contributed by atoms with van der Waals surface area (Å²) in [7, 11) is 0. The molecule has 1 amide bonds. The molecule has 5 nitrogen and oxygen atoms in total. The van der Waals surface area contributed by atoms with Crippen molar-refractivity contribution >= 4 is 29.0 Å². The molecule has 0 aromatic heterocycles. The van der Waals surface area contributed by atoms with Crippen molar-refractivity contribution in [3.05, 3.63) is 24.0 Å². The Hall–Kier alpha value is -1.31. The molecule has 100 valence electrons. The minimum atomic E-state index is -0.845. The Morgan fingerprint density at radius 2 is 2.28 bits per heavy atom. The number of thioether (sulfide) groups is 1. The number of aliphatic hydroxyl groups excluding tert-OH is 2. The second kappa shape index (κ2) is 7.20. The van der Waals surface area contributed by atoms with E-state index in [1.807, 2.05) is 0 Å². The van der Waals surface area contributed by atoms with Gasteiger partial charge in [0.1, 0.15) is 5.82 Å². The van der Waals surface area contributed by atoms with E-state index in [1.165, 1.54) is 23.9 Å². The van der Waals surface area contributed by atoms with Gasteiger partial charge in [-0.1, -0.05) is 0 Å². The van der Waals surface area contributed by atoms with E-state index in [0.717, 1.165) is 6.07 Å². The maximum Gasteiger partial charge on any atom is 0.234 e. The van der Waals surface area contributed by atoms with Gasteiger partial charge >= 0.3 is 0 Å². The first-order chi connectivity index (χ1) is 8.52. The van der Waals surface area contributed by atoms with Crippen LogP contribution in [0.25, 0.3) is 0 Å². The normalized spacial score (nSPS) is 12.2. The first kappa shape index (κ1) is 14.7. The molecule has 0 saturated heterocycles. The van der Waals surface area contributed by atoms with Crippen LogP contribution in [-0.4, -0.2) is 40.3 Å². The maximum absolute atomic E-state index is 12.9. The van der Waals surface area contributed by atoms with Crippen LogP contribution in [0.15, 0.2) is 18.2 Å². The Kier molecular flexibility index (Phi) is 5.90. The van der Waals surface area contributed by atoms with E-state index in [-0.39, 0.29) is 35.4 Å². The van der Waals surface area contributed by atoms with Crippen LogP contribution >= 0.6 is 11.8 Å². The van der Waals surface area contributed by atoms with Gasteiger partial charge in [-0.15, -0.1) is 11.8 Å². The number of nitrogens with one attached hydrogen (secondary N) is 1. The Bertz CT molecular complexity index is 417. The average Bonchev–Trinajstić information content (AvgIpc) is 2.33. The molecule has 1 unspecified atom stereocenters. The second-order valence-electron chi connectivity index (χ2n) is 3.63. The topological polar surface area (TPSA) is 95.6 Å². The van der Waals surface area contributed by atoms with Gasteiger partial charge in [0.05, 0.1) is 29.8 Å². The summed E-state index contributed by atoms with van der Waals surface area (Å²) >= 11 is 1.17. The number of rotatable bonds is 6. The molecule has 1 rings (SSSR count). The van der Waals surface area contributed by atoms with Crippen molar-refractivity contribution in [3.8, 4) is 0 Å². The molecule has 1 atom stereocenters. The molecule has 5 N–H and O–H groups in total. The van der Waals surface area contributed by atoms with Gasteiger partial charge in [0.15, 0.2) is 0 Å². The van der Waals surface area contributed by atoms with Crippen molar-refractivity contribution < 1.29 is 19.4 Å². The highest BCUT2D eigenvalue weighted by Crippen LogP contribution is 2.19.